The standard InChI is InChI=1S/C17H15N5O4/c1-10-6-16(22-26-10)19-15-5-3-12(20-21-15)17(23)18-8-11-2-4-13-14(7-11)25-9-24-13/h2-7H,8-9H2,1H3,(H,18,23)(H,19,21,22). The number of aryl methyl sites for hydroxylation is 1. The van der Waals surface area contributed by atoms with Gasteiger partial charge < -0.3 is 24.6 Å². The number of fused-ring (bicyclic) bond motifs is 1. The Balaban J connectivity index is 1.35. The van der Waals surface area contributed by atoms with Crippen LogP contribution in [0.3, 0.4) is 0 Å². The van der Waals surface area contributed by atoms with Gasteiger partial charge in [0.25, 0.3) is 5.91 Å². The molecule has 1 aromatic carbocycles. The van der Waals surface area contributed by atoms with E-state index >= 15 is 0 Å². The summed E-state index contributed by atoms with van der Waals surface area (Å²) in [4.78, 5) is 12.2. The molecule has 4 rings (SSSR count). The number of ether oxygens (including phenoxy) is 2. The molecule has 2 aromatic heterocycles. The highest BCUT2D eigenvalue weighted by Gasteiger charge is 2.14. The molecule has 3 aromatic rings. The first-order valence-electron chi connectivity index (χ1n) is 7.88. The van der Waals surface area contributed by atoms with E-state index in [0.717, 1.165) is 5.56 Å². The molecule has 0 saturated carbocycles. The van der Waals surface area contributed by atoms with Gasteiger partial charge in [0.1, 0.15) is 5.76 Å². The summed E-state index contributed by atoms with van der Waals surface area (Å²) in [5.41, 5.74) is 1.11. The number of aromatic nitrogens is 3. The number of amides is 1. The van der Waals surface area contributed by atoms with Crippen molar-refractivity contribution >= 4 is 17.5 Å². The van der Waals surface area contributed by atoms with Gasteiger partial charge in [-0.15, -0.1) is 10.2 Å². The predicted octanol–water partition coefficient (Wildman–Crippen LogP) is 2.18. The third-order valence-electron chi connectivity index (χ3n) is 3.67. The lowest BCUT2D eigenvalue weighted by Gasteiger charge is -2.06. The molecule has 132 valence electrons. The van der Waals surface area contributed by atoms with Crippen molar-refractivity contribution in [3.05, 3.63) is 53.4 Å². The van der Waals surface area contributed by atoms with Crippen LogP contribution in [-0.4, -0.2) is 28.1 Å². The van der Waals surface area contributed by atoms with Crippen LogP contribution in [0.2, 0.25) is 0 Å². The quantitative estimate of drug-likeness (QED) is 0.718. The molecule has 3 heterocycles. The fourth-order valence-corrected chi connectivity index (χ4v) is 2.40. The monoisotopic (exact) mass is 353 g/mol. The molecular formula is C17H15N5O4. The molecule has 1 aliphatic heterocycles. The van der Waals surface area contributed by atoms with Crippen LogP contribution in [0, 0.1) is 6.92 Å². The van der Waals surface area contributed by atoms with Gasteiger partial charge >= 0.3 is 0 Å². The first-order valence-corrected chi connectivity index (χ1v) is 7.88. The van der Waals surface area contributed by atoms with Crippen LogP contribution in [0.5, 0.6) is 11.5 Å². The number of hydrogen-bond acceptors (Lipinski definition) is 8. The maximum atomic E-state index is 12.2. The van der Waals surface area contributed by atoms with Crippen molar-refractivity contribution in [2.75, 3.05) is 12.1 Å². The van der Waals surface area contributed by atoms with Gasteiger partial charge in [-0.05, 0) is 36.8 Å². The summed E-state index contributed by atoms with van der Waals surface area (Å²) in [5.74, 6) is 2.73. The Kier molecular flexibility index (Phi) is 4.10. The number of benzene rings is 1. The zero-order valence-electron chi connectivity index (χ0n) is 13.9. The smallest absolute Gasteiger partial charge is 0.272 e. The van der Waals surface area contributed by atoms with E-state index in [0.29, 0.717) is 35.4 Å². The number of carbonyl (C=O) groups excluding carboxylic acids is 1. The Morgan fingerprint density at radius 3 is 2.73 bits per heavy atom. The molecule has 0 atom stereocenters. The van der Waals surface area contributed by atoms with E-state index in [-0.39, 0.29) is 18.4 Å². The second-order valence-electron chi connectivity index (χ2n) is 5.62. The van der Waals surface area contributed by atoms with Crippen LogP contribution in [0.25, 0.3) is 0 Å². The van der Waals surface area contributed by atoms with Crippen LogP contribution >= 0.6 is 0 Å². The van der Waals surface area contributed by atoms with Crippen molar-refractivity contribution in [1.82, 2.24) is 20.7 Å². The van der Waals surface area contributed by atoms with Gasteiger partial charge in [0.15, 0.2) is 28.8 Å². The van der Waals surface area contributed by atoms with E-state index in [1.54, 1.807) is 25.1 Å². The minimum absolute atomic E-state index is 0.215. The minimum atomic E-state index is -0.320. The van der Waals surface area contributed by atoms with E-state index in [4.69, 9.17) is 14.0 Å². The zero-order chi connectivity index (χ0) is 17.9. The molecule has 26 heavy (non-hydrogen) atoms. The third-order valence-corrected chi connectivity index (χ3v) is 3.67. The maximum absolute atomic E-state index is 12.2. The Bertz CT molecular complexity index is 939. The SMILES string of the molecule is Cc1cc(Nc2ccc(C(=O)NCc3ccc4c(c3)OCO4)nn2)no1. The van der Waals surface area contributed by atoms with Gasteiger partial charge in [-0.25, -0.2) is 0 Å². The fraction of sp³-hybridized carbons (Fsp3) is 0.176. The maximum Gasteiger partial charge on any atom is 0.272 e. The molecule has 0 fully saturated rings. The summed E-state index contributed by atoms with van der Waals surface area (Å²) in [5, 5.41) is 17.4. The number of carbonyl (C=O) groups is 1. The van der Waals surface area contributed by atoms with Crippen molar-refractivity contribution < 1.29 is 18.8 Å². The second-order valence-corrected chi connectivity index (χ2v) is 5.62. The summed E-state index contributed by atoms with van der Waals surface area (Å²) in [7, 11) is 0. The van der Waals surface area contributed by atoms with Crippen molar-refractivity contribution in [3.63, 3.8) is 0 Å². The normalized spacial score (nSPS) is 12.0. The molecule has 0 spiro atoms. The Hall–Kier alpha value is -3.62. The molecule has 0 unspecified atom stereocenters. The number of nitrogens with one attached hydrogen (secondary N) is 2. The number of hydrogen-bond donors (Lipinski definition) is 2. The van der Waals surface area contributed by atoms with Crippen LogP contribution in [0.15, 0.2) is 40.9 Å². The molecule has 0 aliphatic carbocycles. The van der Waals surface area contributed by atoms with Crippen molar-refractivity contribution in [2.24, 2.45) is 0 Å². The van der Waals surface area contributed by atoms with Crippen LogP contribution < -0.4 is 20.1 Å². The van der Waals surface area contributed by atoms with Gasteiger partial charge in [-0.1, -0.05) is 11.2 Å². The number of rotatable bonds is 5. The Morgan fingerprint density at radius 2 is 1.96 bits per heavy atom. The molecule has 9 heteroatoms. The van der Waals surface area contributed by atoms with Crippen LogP contribution in [0.4, 0.5) is 11.6 Å². The van der Waals surface area contributed by atoms with E-state index in [9.17, 15) is 4.79 Å². The third kappa shape index (κ3) is 3.41. The Labute approximate surface area is 148 Å². The topological polar surface area (TPSA) is 111 Å². The first-order chi connectivity index (χ1) is 12.7. The molecule has 0 radical (unpaired) electrons. The highest BCUT2D eigenvalue weighted by Crippen LogP contribution is 2.32. The summed E-state index contributed by atoms with van der Waals surface area (Å²) in [6, 6.07) is 10.5. The van der Waals surface area contributed by atoms with Gasteiger partial charge in [-0.2, -0.15) is 0 Å². The van der Waals surface area contributed by atoms with E-state index < -0.39 is 0 Å². The van der Waals surface area contributed by atoms with Crippen molar-refractivity contribution in [1.29, 1.82) is 0 Å². The molecule has 2 N–H and O–H groups in total. The highest BCUT2D eigenvalue weighted by atomic mass is 16.7. The Morgan fingerprint density at radius 1 is 1.08 bits per heavy atom. The largest absolute Gasteiger partial charge is 0.454 e. The molecule has 0 saturated heterocycles. The summed E-state index contributed by atoms with van der Waals surface area (Å²) in [6.45, 7) is 2.35. The summed E-state index contributed by atoms with van der Waals surface area (Å²) < 4.78 is 15.5. The minimum Gasteiger partial charge on any atom is -0.454 e. The van der Waals surface area contributed by atoms with Gasteiger partial charge in [0.2, 0.25) is 6.79 Å². The zero-order valence-corrected chi connectivity index (χ0v) is 13.9. The van der Waals surface area contributed by atoms with Gasteiger partial charge in [-0.3, -0.25) is 4.79 Å². The first kappa shape index (κ1) is 15.9. The average molecular weight is 353 g/mol. The molecule has 9 nitrogen and oxygen atoms in total. The summed E-state index contributed by atoms with van der Waals surface area (Å²) >= 11 is 0. The number of nitrogens with zero attached hydrogens (tertiary/aromatic N) is 3. The molecular weight excluding hydrogens is 338 g/mol. The van der Waals surface area contributed by atoms with Crippen molar-refractivity contribution in [2.45, 2.75) is 13.5 Å². The van der Waals surface area contributed by atoms with Crippen LogP contribution in [-0.2, 0) is 6.54 Å². The van der Waals surface area contributed by atoms with E-state index in [1.165, 1.54) is 0 Å². The lowest BCUT2D eigenvalue weighted by Crippen LogP contribution is -2.24. The van der Waals surface area contributed by atoms with Gasteiger partial charge in [0.05, 0.1) is 0 Å². The molecule has 1 amide bonds. The molecule has 0 bridgehead atoms. The van der Waals surface area contributed by atoms with Gasteiger partial charge in [0, 0.05) is 12.6 Å². The average Bonchev–Trinajstić information content (AvgIpc) is 3.28. The lowest BCUT2D eigenvalue weighted by atomic mass is 10.2. The van der Waals surface area contributed by atoms with E-state index in [1.807, 2.05) is 18.2 Å². The highest BCUT2D eigenvalue weighted by molar-refractivity contribution is 5.92. The molecule has 1 aliphatic rings. The van der Waals surface area contributed by atoms with Crippen LogP contribution in [0.1, 0.15) is 21.8 Å². The number of anilines is 2. The fourth-order valence-electron chi connectivity index (χ4n) is 2.40. The summed E-state index contributed by atoms with van der Waals surface area (Å²) in [6.07, 6.45) is 0. The lowest BCUT2D eigenvalue weighted by molar-refractivity contribution is 0.0945. The van der Waals surface area contributed by atoms with Crippen molar-refractivity contribution in [3.8, 4) is 11.5 Å². The van der Waals surface area contributed by atoms with E-state index in [2.05, 4.69) is 26.0 Å². The predicted molar refractivity (Wildman–Crippen MR) is 90.3 cm³/mol. The second kappa shape index (κ2) is 6.71.